The zero-order valence-electron chi connectivity index (χ0n) is 17.2. The Morgan fingerprint density at radius 2 is 2.09 bits per heavy atom. The fourth-order valence-corrected chi connectivity index (χ4v) is 4.22. The Morgan fingerprint density at radius 1 is 1.28 bits per heavy atom. The van der Waals surface area contributed by atoms with E-state index in [1.807, 2.05) is 0 Å². The summed E-state index contributed by atoms with van der Waals surface area (Å²) in [7, 11) is 1.77. The van der Waals surface area contributed by atoms with Crippen LogP contribution < -0.4 is 10.5 Å². The number of hydrogen-bond acceptors (Lipinski definition) is 6. The fourth-order valence-electron chi connectivity index (χ4n) is 4.02. The van der Waals surface area contributed by atoms with Crippen molar-refractivity contribution in [1.29, 1.82) is 5.26 Å². The lowest BCUT2D eigenvalue weighted by Gasteiger charge is -2.21. The second kappa shape index (κ2) is 7.35. The molecule has 2 N–H and O–H groups in total. The van der Waals surface area contributed by atoms with Gasteiger partial charge in [-0.1, -0.05) is 11.6 Å². The number of hydrogen-bond donors (Lipinski definition) is 1. The number of aryl methyl sites for hydroxylation is 1. The molecule has 1 aromatic carbocycles. The van der Waals surface area contributed by atoms with Crippen molar-refractivity contribution in [3.8, 4) is 28.6 Å². The minimum Gasteiger partial charge on any atom is -0.482 e. The Kier molecular flexibility index (Phi) is 4.60. The first-order valence-electron chi connectivity index (χ1n) is 9.78. The molecule has 0 unspecified atom stereocenters. The van der Waals surface area contributed by atoms with E-state index in [9.17, 15) is 9.65 Å². The molecule has 10 heteroatoms. The van der Waals surface area contributed by atoms with Crippen LogP contribution >= 0.6 is 11.6 Å². The summed E-state index contributed by atoms with van der Waals surface area (Å²) >= 11 is 6.28. The highest BCUT2D eigenvalue weighted by Crippen LogP contribution is 2.37. The second-order valence-electron chi connectivity index (χ2n) is 7.52. The molecular formula is C22H17ClFN7O. The first-order valence-corrected chi connectivity index (χ1v) is 10.2. The molecule has 0 amide bonds. The van der Waals surface area contributed by atoms with E-state index in [2.05, 4.69) is 21.3 Å². The number of rotatable bonds is 0. The van der Waals surface area contributed by atoms with E-state index in [0.29, 0.717) is 34.5 Å². The van der Waals surface area contributed by atoms with Gasteiger partial charge in [-0.25, -0.2) is 14.1 Å². The molecule has 1 atom stereocenters. The molecule has 4 aromatic rings. The first kappa shape index (κ1) is 20.0. The zero-order chi connectivity index (χ0) is 22.6. The minimum atomic E-state index is -0.584. The maximum atomic E-state index is 14.2. The molecule has 1 aliphatic rings. The summed E-state index contributed by atoms with van der Waals surface area (Å²) in [6.45, 7) is 1.79. The van der Waals surface area contributed by atoms with E-state index < -0.39 is 11.9 Å². The van der Waals surface area contributed by atoms with Gasteiger partial charge >= 0.3 is 0 Å². The van der Waals surface area contributed by atoms with Crippen LogP contribution in [0.25, 0.3) is 16.8 Å². The molecular weight excluding hydrogens is 433 g/mol. The molecule has 5 rings (SSSR count). The van der Waals surface area contributed by atoms with Crippen LogP contribution in [0.5, 0.6) is 5.75 Å². The lowest BCUT2D eigenvalue weighted by molar-refractivity contribution is 0.226. The maximum Gasteiger partial charge on any atom is 0.170 e. The van der Waals surface area contributed by atoms with Crippen LogP contribution in [0.4, 0.5) is 10.2 Å². The molecule has 8 nitrogen and oxygen atoms in total. The van der Waals surface area contributed by atoms with Gasteiger partial charge < -0.3 is 10.5 Å². The van der Waals surface area contributed by atoms with Crippen molar-refractivity contribution in [2.45, 2.75) is 19.4 Å². The van der Waals surface area contributed by atoms with Gasteiger partial charge in [0.2, 0.25) is 0 Å². The van der Waals surface area contributed by atoms with Gasteiger partial charge in [0, 0.05) is 36.4 Å². The average Bonchev–Trinajstić information content (AvgIpc) is 3.28. The summed E-state index contributed by atoms with van der Waals surface area (Å²) in [5.74, 6) is 0.101. The van der Waals surface area contributed by atoms with Gasteiger partial charge in [-0.15, -0.1) is 0 Å². The summed E-state index contributed by atoms with van der Waals surface area (Å²) in [5.41, 5.74) is 10.3. The number of ether oxygens (including phenoxy) is 1. The second-order valence-corrected chi connectivity index (χ2v) is 7.91. The molecule has 0 aliphatic carbocycles. The van der Waals surface area contributed by atoms with Crippen molar-refractivity contribution < 1.29 is 9.13 Å². The summed E-state index contributed by atoms with van der Waals surface area (Å²) < 4.78 is 23.6. The molecule has 2 bridgehead atoms. The van der Waals surface area contributed by atoms with E-state index in [1.54, 1.807) is 47.7 Å². The molecule has 1 aliphatic heterocycles. The highest BCUT2D eigenvalue weighted by Gasteiger charge is 2.25. The molecule has 0 radical (unpaired) electrons. The SMILES string of the molecule is C[C@H]1Oc2cc(cnc2N)-c2c(C#N)nn(C)c2Cc2cc(Cl)nn2-c2ccc(F)cc21. The molecule has 0 saturated heterocycles. The third-order valence-corrected chi connectivity index (χ3v) is 5.69. The minimum absolute atomic E-state index is 0.183. The van der Waals surface area contributed by atoms with E-state index in [-0.39, 0.29) is 16.7 Å². The highest BCUT2D eigenvalue weighted by atomic mass is 35.5. The van der Waals surface area contributed by atoms with Crippen molar-refractivity contribution in [2.24, 2.45) is 7.05 Å². The molecule has 3 aromatic heterocycles. The Labute approximate surface area is 187 Å². The first-order chi connectivity index (χ1) is 15.4. The number of nitrogens with two attached hydrogens (primary N) is 1. The number of nitrogen functional groups attached to an aromatic ring is 1. The Hall–Kier alpha value is -3.90. The summed E-state index contributed by atoms with van der Waals surface area (Å²) in [6, 6.07) is 10.0. The van der Waals surface area contributed by atoms with Crippen LogP contribution in [0.3, 0.4) is 0 Å². The third-order valence-electron chi connectivity index (χ3n) is 5.50. The molecule has 0 saturated carbocycles. The molecule has 4 heterocycles. The van der Waals surface area contributed by atoms with Crippen molar-refractivity contribution in [2.75, 3.05) is 5.73 Å². The number of benzene rings is 1. The number of nitriles is 1. The van der Waals surface area contributed by atoms with E-state index >= 15 is 0 Å². The van der Waals surface area contributed by atoms with Crippen molar-refractivity contribution in [1.82, 2.24) is 24.5 Å². The molecule has 0 spiro atoms. The molecule has 160 valence electrons. The average molecular weight is 450 g/mol. The van der Waals surface area contributed by atoms with Crippen LogP contribution in [0.15, 0.2) is 36.5 Å². The Bertz CT molecular complexity index is 1420. The summed E-state index contributed by atoms with van der Waals surface area (Å²) in [4.78, 5) is 4.26. The van der Waals surface area contributed by atoms with Gasteiger partial charge in [0.15, 0.2) is 22.4 Å². The predicted molar refractivity (Wildman–Crippen MR) is 116 cm³/mol. The summed E-state index contributed by atoms with van der Waals surface area (Å²) in [6.07, 6.45) is 1.36. The number of aromatic nitrogens is 5. The van der Waals surface area contributed by atoms with Crippen LogP contribution in [0.1, 0.15) is 35.7 Å². The predicted octanol–water partition coefficient (Wildman–Crippen LogP) is 3.96. The van der Waals surface area contributed by atoms with Crippen LogP contribution in [-0.2, 0) is 13.5 Å². The number of halogens is 2. The van der Waals surface area contributed by atoms with E-state index in [0.717, 1.165) is 11.4 Å². The number of nitrogens with zero attached hydrogens (tertiary/aromatic N) is 6. The largest absolute Gasteiger partial charge is 0.482 e. The monoisotopic (exact) mass is 449 g/mol. The van der Waals surface area contributed by atoms with Gasteiger partial charge in [0.25, 0.3) is 0 Å². The van der Waals surface area contributed by atoms with Crippen LogP contribution in [-0.4, -0.2) is 24.5 Å². The third kappa shape index (κ3) is 3.16. The lowest BCUT2D eigenvalue weighted by atomic mass is 10.0. The number of anilines is 1. The van der Waals surface area contributed by atoms with Gasteiger partial charge in [-0.3, -0.25) is 4.68 Å². The van der Waals surface area contributed by atoms with E-state index in [1.165, 1.54) is 12.1 Å². The standard InChI is InChI=1S/C22H17ClFN7O/c1-11-15-6-13(24)3-4-17(15)31-14(8-20(23)29-31)7-18-21(16(9-25)28-30(18)2)12-5-19(32-11)22(26)27-10-12/h3-6,8,10-11H,7H2,1-2H3,(H2,26,27)/t11-/m1/s1. The van der Waals surface area contributed by atoms with Crippen molar-refractivity contribution in [3.05, 3.63) is 70.1 Å². The van der Waals surface area contributed by atoms with Crippen LogP contribution in [0, 0.1) is 17.1 Å². The highest BCUT2D eigenvalue weighted by molar-refractivity contribution is 6.29. The van der Waals surface area contributed by atoms with Crippen LogP contribution in [0.2, 0.25) is 5.15 Å². The fraction of sp³-hybridized carbons (Fsp3) is 0.182. The zero-order valence-corrected chi connectivity index (χ0v) is 17.9. The van der Waals surface area contributed by atoms with Crippen molar-refractivity contribution >= 4 is 17.4 Å². The number of fused-ring (bicyclic) bond motifs is 7. The Balaban J connectivity index is 1.85. The van der Waals surface area contributed by atoms with E-state index in [4.69, 9.17) is 22.1 Å². The quantitative estimate of drug-likeness (QED) is 0.435. The van der Waals surface area contributed by atoms with Crippen molar-refractivity contribution in [3.63, 3.8) is 0 Å². The lowest BCUT2D eigenvalue weighted by Crippen LogP contribution is -2.14. The van der Waals surface area contributed by atoms with Gasteiger partial charge in [-0.2, -0.15) is 15.5 Å². The topological polar surface area (TPSA) is 108 Å². The normalized spacial score (nSPS) is 14.8. The summed E-state index contributed by atoms with van der Waals surface area (Å²) in [5, 5.41) is 18.8. The van der Waals surface area contributed by atoms with Gasteiger partial charge in [-0.05, 0) is 37.3 Å². The number of pyridine rings is 1. The van der Waals surface area contributed by atoms with Gasteiger partial charge in [0.05, 0.1) is 17.1 Å². The smallest absolute Gasteiger partial charge is 0.170 e. The molecule has 32 heavy (non-hydrogen) atoms. The molecule has 0 fully saturated rings. The van der Waals surface area contributed by atoms with Gasteiger partial charge in [0.1, 0.15) is 18.0 Å². The Morgan fingerprint density at radius 3 is 2.88 bits per heavy atom. The maximum absolute atomic E-state index is 14.2.